The van der Waals surface area contributed by atoms with Gasteiger partial charge in [-0.1, -0.05) is 13.8 Å². The first-order chi connectivity index (χ1) is 8.72. The molecule has 0 bridgehead atoms. The highest BCUT2D eigenvalue weighted by Gasteiger charge is 2.24. The number of hydrogen-bond donors (Lipinski definition) is 1. The minimum Gasteiger partial charge on any atom is -0.395 e. The minimum absolute atomic E-state index is 0.0355. The lowest BCUT2D eigenvalue weighted by atomic mass is 10.0. The van der Waals surface area contributed by atoms with E-state index in [1.807, 2.05) is 4.90 Å². The molecule has 0 aromatic rings. The standard InChI is InChI=1S/C14H27NO3/c1-3-12(4-2)15(8-9-16)14(17)11-13-7-5-6-10-18-13/h12-13,16H,3-11H2,1-2H3. The zero-order chi connectivity index (χ0) is 13.4. The maximum absolute atomic E-state index is 12.3. The molecular formula is C14H27NO3. The van der Waals surface area contributed by atoms with Crippen LogP contribution >= 0.6 is 0 Å². The molecule has 1 rings (SSSR count). The Morgan fingerprint density at radius 1 is 1.39 bits per heavy atom. The van der Waals surface area contributed by atoms with E-state index in [0.717, 1.165) is 38.7 Å². The summed E-state index contributed by atoms with van der Waals surface area (Å²) in [5.74, 6) is 0.129. The van der Waals surface area contributed by atoms with Gasteiger partial charge in [-0.25, -0.2) is 0 Å². The predicted octanol–water partition coefficient (Wildman–Crippen LogP) is 1.96. The van der Waals surface area contributed by atoms with E-state index in [2.05, 4.69) is 13.8 Å². The molecule has 4 heteroatoms. The second-order valence-corrected chi connectivity index (χ2v) is 4.97. The molecule has 106 valence electrons. The fourth-order valence-corrected chi connectivity index (χ4v) is 2.63. The summed E-state index contributed by atoms with van der Waals surface area (Å²) in [7, 11) is 0. The number of amides is 1. The van der Waals surface area contributed by atoms with E-state index in [1.54, 1.807) is 0 Å². The van der Waals surface area contributed by atoms with Crippen LogP contribution in [0.15, 0.2) is 0 Å². The molecule has 1 unspecified atom stereocenters. The van der Waals surface area contributed by atoms with Crippen molar-refractivity contribution in [3.63, 3.8) is 0 Å². The van der Waals surface area contributed by atoms with E-state index in [1.165, 1.54) is 0 Å². The zero-order valence-corrected chi connectivity index (χ0v) is 11.7. The van der Waals surface area contributed by atoms with Gasteiger partial charge in [0, 0.05) is 19.2 Å². The SMILES string of the molecule is CCC(CC)N(CCO)C(=O)CC1CCCCO1. The van der Waals surface area contributed by atoms with Crippen molar-refractivity contribution in [1.29, 1.82) is 0 Å². The smallest absolute Gasteiger partial charge is 0.225 e. The molecule has 1 heterocycles. The van der Waals surface area contributed by atoms with E-state index in [0.29, 0.717) is 13.0 Å². The number of carbonyl (C=O) groups excluding carboxylic acids is 1. The monoisotopic (exact) mass is 257 g/mol. The molecular weight excluding hydrogens is 230 g/mol. The predicted molar refractivity (Wildman–Crippen MR) is 71.4 cm³/mol. The molecule has 0 spiro atoms. The van der Waals surface area contributed by atoms with Gasteiger partial charge < -0.3 is 14.7 Å². The van der Waals surface area contributed by atoms with Crippen molar-refractivity contribution in [2.75, 3.05) is 19.8 Å². The van der Waals surface area contributed by atoms with Gasteiger partial charge in [0.1, 0.15) is 0 Å². The number of carbonyl (C=O) groups is 1. The highest BCUT2D eigenvalue weighted by molar-refractivity contribution is 5.77. The zero-order valence-electron chi connectivity index (χ0n) is 11.7. The van der Waals surface area contributed by atoms with Crippen LogP contribution in [-0.2, 0) is 9.53 Å². The topological polar surface area (TPSA) is 49.8 Å². The number of ether oxygens (including phenoxy) is 1. The molecule has 1 atom stereocenters. The van der Waals surface area contributed by atoms with Crippen LogP contribution in [0.3, 0.4) is 0 Å². The van der Waals surface area contributed by atoms with Gasteiger partial charge in [-0.2, -0.15) is 0 Å². The van der Waals surface area contributed by atoms with Gasteiger partial charge in [0.05, 0.1) is 19.1 Å². The van der Waals surface area contributed by atoms with E-state index < -0.39 is 0 Å². The average molecular weight is 257 g/mol. The number of nitrogens with zero attached hydrogens (tertiary/aromatic N) is 1. The molecule has 0 aromatic heterocycles. The summed E-state index contributed by atoms with van der Waals surface area (Å²) in [6.45, 7) is 5.43. The lowest BCUT2D eigenvalue weighted by Gasteiger charge is -2.32. The highest BCUT2D eigenvalue weighted by Crippen LogP contribution is 2.18. The summed E-state index contributed by atoms with van der Waals surface area (Å²) in [4.78, 5) is 14.1. The van der Waals surface area contributed by atoms with Gasteiger partial charge in [-0.15, -0.1) is 0 Å². The van der Waals surface area contributed by atoms with Crippen LogP contribution in [-0.4, -0.2) is 47.8 Å². The molecule has 0 radical (unpaired) electrons. The van der Waals surface area contributed by atoms with Gasteiger partial charge in [-0.05, 0) is 32.1 Å². The van der Waals surface area contributed by atoms with Crippen molar-refractivity contribution >= 4 is 5.91 Å². The Bertz CT molecular complexity index is 235. The van der Waals surface area contributed by atoms with E-state index >= 15 is 0 Å². The normalized spacial score (nSPS) is 20.1. The molecule has 4 nitrogen and oxygen atoms in total. The molecule has 0 aromatic carbocycles. The molecule has 1 aliphatic rings. The average Bonchev–Trinajstić information content (AvgIpc) is 2.40. The Balaban J connectivity index is 2.52. The maximum Gasteiger partial charge on any atom is 0.225 e. The summed E-state index contributed by atoms with van der Waals surface area (Å²) >= 11 is 0. The molecule has 0 aliphatic carbocycles. The molecule has 18 heavy (non-hydrogen) atoms. The summed E-state index contributed by atoms with van der Waals surface area (Å²) < 4.78 is 5.61. The van der Waals surface area contributed by atoms with Gasteiger partial charge in [0.15, 0.2) is 0 Å². The molecule has 1 N–H and O–H groups in total. The van der Waals surface area contributed by atoms with Crippen LogP contribution in [0.5, 0.6) is 0 Å². The lowest BCUT2D eigenvalue weighted by Crippen LogP contribution is -2.43. The molecule has 1 aliphatic heterocycles. The van der Waals surface area contributed by atoms with Crippen LogP contribution in [0.25, 0.3) is 0 Å². The van der Waals surface area contributed by atoms with Crippen molar-refractivity contribution in [3.8, 4) is 0 Å². The Kier molecular flexibility index (Phi) is 7.28. The third-order valence-corrected chi connectivity index (χ3v) is 3.72. The second kappa shape index (κ2) is 8.48. The first-order valence-electron chi connectivity index (χ1n) is 7.24. The van der Waals surface area contributed by atoms with Crippen molar-refractivity contribution in [2.45, 2.75) is 64.5 Å². The van der Waals surface area contributed by atoms with E-state index in [4.69, 9.17) is 9.84 Å². The Labute approximate surface area is 110 Å². The van der Waals surface area contributed by atoms with Gasteiger partial charge in [-0.3, -0.25) is 4.79 Å². The van der Waals surface area contributed by atoms with Gasteiger partial charge in [0.2, 0.25) is 5.91 Å². The summed E-state index contributed by atoms with van der Waals surface area (Å²) in [6.07, 6.45) is 5.68. The molecule has 1 fully saturated rings. The number of aliphatic hydroxyl groups excluding tert-OH is 1. The second-order valence-electron chi connectivity index (χ2n) is 4.97. The van der Waals surface area contributed by atoms with Crippen LogP contribution in [0.2, 0.25) is 0 Å². The number of rotatable bonds is 7. The lowest BCUT2D eigenvalue weighted by molar-refractivity contribution is -0.138. The Hall–Kier alpha value is -0.610. The number of aliphatic hydroxyl groups is 1. The summed E-state index contributed by atoms with van der Waals surface area (Å²) in [5.41, 5.74) is 0. The van der Waals surface area contributed by atoms with Gasteiger partial charge in [0.25, 0.3) is 0 Å². The van der Waals surface area contributed by atoms with Crippen LogP contribution in [0, 0.1) is 0 Å². The number of hydrogen-bond acceptors (Lipinski definition) is 3. The first-order valence-corrected chi connectivity index (χ1v) is 7.24. The molecule has 1 saturated heterocycles. The van der Waals surface area contributed by atoms with Crippen LogP contribution < -0.4 is 0 Å². The maximum atomic E-state index is 12.3. The fraction of sp³-hybridized carbons (Fsp3) is 0.929. The van der Waals surface area contributed by atoms with Crippen LogP contribution in [0.1, 0.15) is 52.4 Å². The fourth-order valence-electron chi connectivity index (χ4n) is 2.63. The van der Waals surface area contributed by atoms with Crippen molar-refractivity contribution < 1.29 is 14.6 Å². The van der Waals surface area contributed by atoms with Crippen molar-refractivity contribution in [1.82, 2.24) is 4.90 Å². The largest absolute Gasteiger partial charge is 0.395 e. The van der Waals surface area contributed by atoms with E-state index in [9.17, 15) is 4.79 Å². The van der Waals surface area contributed by atoms with Crippen molar-refractivity contribution in [2.24, 2.45) is 0 Å². The van der Waals surface area contributed by atoms with Crippen LogP contribution in [0.4, 0.5) is 0 Å². The summed E-state index contributed by atoms with van der Waals surface area (Å²) in [6, 6.07) is 0.244. The third-order valence-electron chi connectivity index (χ3n) is 3.72. The van der Waals surface area contributed by atoms with E-state index in [-0.39, 0.29) is 24.7 Å². The molecule has 0 saturated carbocycles. The minimum atomic E-state index is 0.0355. The first kappa shape index (κ1) is 15.4. The summed E-state index contributed by atoms with van der Waals surface area (Å²) in [5, 5.41) is 9.11. The highest BCUT2D eigenvalue weighted by atomic mass is 16.5. The Morgan fingerprint density at radius 2 is 2.11 bits per heavy atom. The Morgan fingerprint density at radius 3 is 2.61 bits per heavy atom. The van der Waals surface area contributed by atoms with Crippen molar-refractivity contribution in [3.05, 3.63) is 0 Å². The van der Waals surface area contributed by atoms with Gasteiger partial charge >= 0.3 is 0 Å². The third kappa shape index (κ3) is 4.58. The quantitative estimate of drug-likeness (QED) is 0.758. The molecule has 1 amide bonds.